The number of aryl methyl sites for hydroxylation is 1. The second-order valence-electron chi connectivity index (χ2n) is 9.51. The van der Waals surface area contributed by atoms with Gasteiger partial charge < -0.3 is 5.32 Å². The van der Waals surface area contributed by atoms with Crippen LogP contribution in [0.1, 0.15) is 66.3 Å². The fourth-order valence-electron chi connectivity index (χ4n) is 5.19. The molecule has 0 unspecified atom stereocenters. The van der Waals surface area contributed by atoms with E-state index in [4.69, 9.17) is 5.26 Å². The number of fused-ring (bicyclic) bond motifs is 1. The molecule has 2 aromatic rings. The number of nitriles is 1. The average molecular weight is 428 g/mol. The van der Waals surface area contributed by atoms with Crippen LogP contribution in [0, 0.1) is 18.3 Å². The van der Waals surface area contributed by atoms with Crippen LogP contribution in [0.5, 0.6) is 0 Å². The molecule has 0 atom stereocenters. The zero-order chi connectivity index (χ0) is 22.6. The van der Waals surface area contributed by atoms with Gasteiger partial charge in [0.1, 0.15) is 0 Å². The van der Waals surface area contributed by atoms with E-state index in [-0.39, 0.29) is 11.4 Å². The molecule has 166 valence electrons. The molecular formula is C28H33N3O. The van der Waals surface area contributed by atoms with Gasteiger partial charge in [-0.3, -0.25) is 9.69 Å². The quantitative estimate of drug-likeness (QED) is 0.649. The number of hydrogen-bond acceptors (Lipinski definition) is 3. The van der Waals surface area contributed by atoms with Gasteiger partial charge in [-0.1, -0.05) is 61.7 Å². The Hall–Kier alpha value is -2.90. The minimum Gasteiger partial charge on any atom is -0.347 e. The van der Waals surface area contributed by atoms with Crippen LogP contribution in [-0.4, -0.2) is 29.4 Å². The standard InChI is InChI=1S/C28H33N3O/c1-21-7-6-8-24(17-21)22(2)27(32)30-28(12-4-3-5-13-28)14-16-31-15-11-25-18-23(19-29)9-10-26(25)20-31/h6-10,17-18H,2-5,11-16,20H2,1H3,(H,30,32). The number of carbonyl (C=O) groups is 1. The van der Waals surface area contributed by atoms with E-state index >= 15 is 0 Å². The van der Waals surface area contributed by atoms with Crippen molar-refractivity contribution >= 4 is 11.5 Å². The molecule has 32 heavy (non-hydrogen) atoms. The van der Waals surface area contributed by atoms with Crippen LogP contribution < -0.4 is 5.32 Å². The highest BCUT2D eigenvalue weighted by atomic mass is 16.1. The first-order valence-corrected chi connectivity index (χ1v) is 11.8. The summed E-state index contributed by atoms with van der Waals surface area (Å²) >= 11 is 0. The number of hydrogen-bond donors (Lipinski definition) is 1. The first-order chi connectivity index (χ1) is 15.5. The van der Waals surface area contributed by atoms with Crippen molar-refractivity contribution in [1.29, 1.82) is 5.26 Å². The fourth-order valence-corrected chi connectivity index (χ4v) is 5.19. The average Bonchev–Trinajstić information content (AvgIpc) is 2.82. The monoisotopic (exact) mass is 427 g/mol. The van der Waals surface area contributed by atoms with Gasteiger partial charge in [0.2, 0.25) is 0 Å². The van der Waals surface area contributed by atoms with Crippen LogP contribution in [0.25, 0.3) is 5.57 Å². The lowest BCUT2D eigenvalue weighted by molar-refractivity contribution is -0.118. The maximum absolute atomic E-state index is 13.2. The topological polar surface area (TPSA) is 56.1 Å². The molecule has 0 spiro atoms. The van der Waals surface area contributed by atoms with Gasteiger partial charge in [-0.25, -0.2) is 0 Å². The van der Waals surface area contributed by atoms with Crippen LogP contribution in [0.15, 0.2) is 49.0 Å². The Balaban J connectivity index is 1.41. The molecule has 1 aliphatic heterocycles. The molecule has 0 bridgehead atoms. The Morgan fingerprint density at radius 1 is 1.16 bits per heavy atom. The normalized spacial score (nSPS) is 17.8. The third-order valence-corrected chi connectivity index (χ3v) is 7.16. The van der Waals surface area contributed by atoms with Crippen LogP contribution in [0.2, 0.25) is 0 Å². The molecule has 2 aliphatic rings. The molecule has 4 rings (SSSR count). The van der Waals surface area contributed by atoms with Gasteiger partial charge >= 0.3 is 0 Å². The number of carbonyl (C=O) groups excluding carboxylic acids is 1. The number of rotatable bonds is 6. The minimum absolute atomic E-state index is 0.0366. The maximum atomic E-state index is 13.2. The summed E-state index contributed by atoms with van der Waals surface area (Å²) in [4.78, 5) is 15.6. The molecule has 1 aliphatic carbocycles. The van der Waals surface area contributed by atoms with Gasteiger partial charge in [-0.2, -0.15) is 5.26 Å². The highest BCUT2D eigenvalue weighted by Crippen LogP contribution is 2.33. The molecule has 4 nitrogen and oxygen atoms in total. The molecule has 1 N–H and O–H groups in total. The molecule has 4 heteroatoms. The summed E-state index contributed by atoms with van der Waals surface area (Å²) in [5.41, 5.74) is 5.82. The van der Waals surface area contributed by atoms with Crippen molar-refractivity contribution in [2.24, 2.45) is 0 Å². The summed E-state index contributed by atoms with van der Waals surface area (Å²) in [5.74, 6) is -0.0366. The van der Waals surface area contributed by atoms with Crippen molar-refractivity contribution in [3.05, 3.63) is 76.9 Å². The summed E-state index contributed by atoms with van der Waals surface area (Å²) in [5, 5.41) is 12.6. The van der Waals surface area contributed by atoms with Gasteiger partial charge in [-0.15, -0.1) is 0 Å². The largest absolute Gasteiger partial charge is 0.347 e. The summed E-state index contributed by atoms with van der Waals surface area (Å²) in [6.07, 6.45) is 7.59. The van der Waals surface area contributed by atoms with Gasteiger partial charge in [0.15, 0.2) is 0 Å². The van der Waals surface area contributed by atoms with Crippen LogP contribution in [-0.2, 0) is 17.8 Å². The Bertz CT molecular complexity index is 1040. The molecule has 0 radical (unpaired) electrons. The smallest absolute Gasteiger partial charge is 0.251 e. The number of nitrogens with zero attached hydrogens (tertiary/aromatic N) is 2. The fraction of sp³-hybridized carbons (Fsp3) is 0.429. The van der Waals surface area contributed by atoms with E-state index in [2.05, 4.69) is 28.9 Å². The van der Waals surface area contributed by atoms with Gasteiger partial charge in [0.25, 0.3) is 5.91 Å². The molecule has 1 fully saturated rings. The predicted molar refractivity (Wildman–Crippen MR) is 129 cm³/mol. The molecular weight excluding hydrogens is 394 g/mol. The molecule has 0 saturated heterocycles. The van der Waals surface area contributed by atoms with Crippen LogP contribution in [0.4, 0.5) is 0 Å². The summed E-state index contributed by atoms with van der Waals surface area (Å²) in [7, 11) is 0. The first-order valence-electron chi connectivity index (χ1n) is 11.8. The Morgan fingerprint density at radius 2 is 1.97 bits per heavy atom. The van der Waals surface area contributed by atoms with Gasteiger partial charge in [-0.05, 0) is 61.4 Å². The van der Waals surface area contributed by atoms with Crippen LogP contribution >= 0.6 is 0 Å². The zero-order valence-corrected chi connectivity index (χ0v) is 19.1. The molecule has 0 aromatic heterocycles. The van der Waals surface area contributed by atoms with Crippen molar-refractivity contribution in [2.45, 2.75) is 64.0 Å². The van der Waals surface area contributed by atoms with E-state index in [1.165, 1.54) is 17.5 Å². The Labute approximate surface area is 191 Å². The SMILES string of the molecule is C=C(C(=O)NC1(CCN2CCc3cc(C#N)ccc3C2)CCCCC1)c1cccc(C)c1. The lowest BCUT2D eigenvalue weighted by atomic mass is 9.78. The van der Waals surface area contributed by atoms with Gasteiger partial charge in [0, 0.05) is 30.7 Å². The second-order valence-corrected chi connectivity index (χ2v) is 9.51. The number of nitrogens with one attached hydrogen (secondary N) is 1. The van der Waals surface area contributed by atoms with E-state index in [0.717, 1.165) is 74.8 Å². The maximum Gasteiger partial charge on any atom is 0.251 e. The van der Waals surface area contributed by atoms with Crippen molar-refractivity contribution in [1.82, 2.24) is 10.2 Å². The minimum atomic E-state index is -0.146. The van der Waals surface area contributed by atoms with Crippen molar-refractivity contribution in [2.75, 3.05) is 13.1 Å². The molecule has 2 aromatic carbocycles. The van der Waals surface area contributed by atoms with Crippen molar-refractivity contribution < 1.29 is 4.79 Å². The van der Waals surface area contributed by atoms with Gasteiger partial charge in [0.05, 0.1) is 11.6 Å². The lowest BCUT2D eigenvalue weighted by Gasteiger charge is -2.40. The summed E-state index contributed by atoms with van der Waals surface area (Å²) in [6, 6.07) is 16.3. The summed E-state index contributed by atoms with van der Waals surface area (Å²) in [6.45, 7) is 9.03. The Kier molecular flexibility index (Phi) is 6.77. The molecule has 1 heterocycles. The molecule has 1 saturated carbocycles. The van der Waals surface area contributed by atoms with E-state index in [1.54, 1.807) is 0 Å². The third-order valence-electron chi connectivity index (χ3n) is 7.16. The van der Waals surface area contributed by atoms with E-state index in [1.807, 2.05) is 43.3 Å². The van der Waals surface area contributed by atoms with E-state index < -0.39 is 0 Å². The number of amides is 1. The van der Waals surface area contributed by atoms with E-state index in [9.17, 15) is 4.79 Å². The van der Waals surface area contributed by atoms with Crippen molar-refractivity contribution in [3.8, 4) is 6.07 Å². The van der Waals surface area contributed by atoms with E-state index in [0.29, 0.717) is 5.57 Å². The highest BCUT2D eigenvalue weighted by molar-refractivity contribution is 6.19. The second kappa shape index (κ2) is 9.71. The highest BCUT2D eigenvalue weighted by Gasteiger charge is 2.34. The Morgan fingerprint density at radius 3 is 2.72 bits per heavy atom. The summed E-state index contributed by atoms with van der Waals surface area (Å²) < 4.78 is 0. The number of benzene rings is 2. The lowest BCUT2D eigenvalue weighted by Crippen LogP contribution is -2.51. The third kappa shape index (κ3) is 5.11. The zero-order valence-electron chi connectivity index (χ0n) is 19.1. The molecule has 1 amide bonds. The predicted octanol–water partition coefficient (Wildman–Crippen LogP) is 5.15. The first kappa shape index (κ1) is 22.3. The van der Waals surface area contributed by atoms with Crippen LogP contribution in [0.3, 0.4) is 0 Å². The van der Waals surface area contributed by atoms with Crippen molar-refractivity contribution in [3.63, 3.8) is 0 Å².